The van der Waals surface area contributed by atoms with Crippen molar-refractivity contribution in [2.45, 2.75) is 19.5 Å². The van der Waals surface area contributed by atoms with Crippen molar-refractivity contribution in [1.82, 2.24) is 14.9 Å². The molecule has 2 amide bonds. The molecule has 2 aromatic heterocycles. The van der Waals surface area contributed by atoms with Crippen LogP contribution < -0.4 is 10.9 Å². The Morgan fingerprint density at radius 1 is 1.28 bits per heavy atom. The SMILES string of the molecule is CC(c1nc2cc(Cl)ccc2c(=O)[nH]1)N(Cc1ccco1)C(=O)Nc1cccc(C#N)c1. The Hall–Kier alpha value is -4.09. The monoisotopic (exact) mass is 447 g/mol. The highest BCUT2D eigenvalue weighted by atomic mass is 35.5. The maximum atomic E-state index is 13.2. The number of halogens is 1. The lowest BCUT2D eigenvalue weighted by Gasteiger charge is -2.28. The van der Waals surface area contributed by atoms with Crippen molar-refractivity contribution in [1.29, 1.82) is 5.26 Å². The average molecular weight is 448 g/mol. The first-order chi connectivity index (χ1) is 15.4. The van der Waals surface area contributed by atoms with Crippen LogP contribution in [0.15, 0.2) is 70.1 Å². The molecule has 2 N–H and O–H groups in total. The molecule has 0 fully saturated rings. The fourth-order valence-electron chi connectivity index (χ4n) is 3.29. The molecule has 0 radical (unpaired) electrons. The lowest BCUT2D eigenvalue weighted by atomic mass is 10.2. The van der Waals surface area contributed by atoms with Gasteiger partial charge in [-0.15, -0.1) is 0 Å². The number of hydrogen-bond acceptors (Lipinski definition) is 5. The van der Waals surface area contributed by atoms with Crippen LogP contribution in [0.4, 0.5) is 10.5 Å². The lowest BCUT2D eigenvalue weighted by Crippen LogP contribution is -2.37. The van der Waals surface area contributed by atoms with Crippen molar-refractivity contribution in [2.24, 2.45) is 0 Å². The number of benzene rings is 2. The number of aromatic amines is 1. The zero-order valence-electron chi connectivity index (χ0n) is 17.0. The van der Waals surface area contributed by atoms with Gasteiger partial charge >= 0.3 is 6.03 Å². The Morgan fingerprint density at radius 2 is 2.12 bits per heavy atom. The van der Waals surface area contributed by atoms with Crippen LogP contribution in [0.3, 0.4) is 0 Å². The minimum atomic E-state index is -0.615. The van der Waals surface area contributed by atoms with Crippen molar-refractivity contribution < 1.29 is 9.21 Å². The molecule has 0 saturated heterocycles. The number of carbonyl (C=O) groups is 1. The summed E-state index contributed by atoms with van der Waals surface area (Å²) in [4.78, 5) is 34.6. The molecular weight excluding hydrogens is 430 g/mol. The molecule has 2 aromatic carbocycles. The standard InChI is InChI=1S/C23H18ClN5O3/c1-14(21-27-20-11-16(24)7-8-19(20)22(30)28-21)29(13-18-6-3-9-32-18)23(31)26-17-5-2-4-15(10-17)12-25/h2-11,14H,13H2,1H3,(H,26,31)(H,27,28,30). The van der Waals surface area contributed by atoms with Crippen LogP contribution in [-0.2, 0) is 6.54 Å². The second kappa shape index (κ2) is 8.96. The number of nitriles is 1. The molecule has 9 heteroatoms. The second-order valence-corrected chi connectivity index (χ2v) is 7.56. The Labute approximate surface area is 188 Å². The molecule has 2 heterocycles. The summed E-state index contributed by atoms with van der Waals surface area (Å²) in [6.45, 7) is 1.89. The summed E-state index contributed by atoms with van der Waals surface area (Å²) >= 11 is 6.06. The van der Waals surface area contributed by atoms with Gasteiger partial charge in [-0.3, -0.25) is 4.79 Å². The van der Waals surface area contributed by atoms with Crippen LogP contribution in [0.5, 0.6) is 0 Å². The van der Waals surface area contributed by atoms with E-state index in [1.807, 2.05) is 6.07 Å². The van der Waals surface area contributed by atoms with Crippen molar-refractivity contribution in [2.75, 3.05) is 5.32 Å². The highest BCUT2D eigenvalue weighted by Crippen LogP contribution is 2.23. The second-order valence-electron chi connectivity index (χ2n) is 7.12. The Morgan fingerprint density at radius 3 is 2.88 bits per heavy atom. The first-order valence-electron chi connectivity index (χ1n) is 9.74. The van der Waals surface area contributed by atoms with Gasteiger partial charge in [0.05, 0.1) is 41.4 Å². The van der Waals surface area contributed by atoms with Crippen LogP contribution in [0, 0.1) is 11.3 Å². The summed E-state index contributed by atoms with van der Waals surface area (Å²) in [5.41, 5.74) is 1.00. The van der Waals surface area contributed by atoms with Gasteiger partial charge in [0, 0.05) is 10.7 Å². The predicted molar refractivity (Wildman–Crippen MR) is 120 cm³/mol. The van der Waals surface area contributed by atoms with Gasteiger partial charge in [-0.05, 0) is 55.5 Å². The van der Waals surface area contributed by atoms with Crippen LogP contribution in [0.2, 0.25) is 5.02 Å². The van der Waals surface area contributed by atoms with Gasteiger partial charge in [0.1, 0.15) is 11.6 Å². The number of anilines is 1. The van der Waals surface area contributed by atoms with Crippen LogP contribution in [-0.4, -0.2) is 20.9 Å². The zero-order chi connectivity index (χ0) is 22.7. The van der Waals surface area contributed by atoms with Crippen LogP contribution in [0.25, 0.3) is 10.9 Å². The van der Waals surface area contributed by atoms with Gasteiger partial charge in [-0.25, -0.2) is 9.78 Å². The van der Waals surface area contributed by atoms with Crippen LogP contribution >= 0.6 is 11.6 Å². The Balaban J connectivity index is 1.69. The minimum absolute atomic E-state index is 0.134. The number of H-pyrrole nitrogens is 1. The zero-order valence-corrected chi connectivity index (χ0v) is 17.8. The van der Waals surface area contributed by atoms with E-state index in [0.29, 0.717) is 38.8 Å². The van der Waals surface area contributed by atoms with E-state index < -0.39 is 12.1 Å². The third-order valence-electron chi connectivity index (χ3n) is 4.96. The molecule has 0 aliphatic rings. The molecule has 0 aliphatic heterocycles. The fourth-order valence-corrected chi connectivity index (χ4v) is 3.46. The first-order valence-corrected chi connectivity index (χ1v) is 10.1. The number of carbonyl (C=O) groups excluding carboxylic acids is 1. The molecule has 4 rings (SSSR count). The number of nitrogens with one attached hydrogen (secondary N) is 2. The molecule has 0 aliphatic carbocycles. The molecule has 0 saturated carbocycles. The van der Waals surface area contributed by atoms with E-state index in [4.69, 9.17) is 21.3 Å². The molecule has 0 spiro atoms. The smallest absolute Gasteiger partial charge is 0.322 e. The van der Waals surface area contributed by atoms with E-state index in [0.717, 1.165) is 0 Å². The van der Waals surface area contributed by atoms with Crippen LogP contribution in [0.1, 0.15) is 30.1 Å². The molecule has 8 nitrogen and oxygen atoms in total. The number of urea groups is 1. The number of furan rings is 1. The van der Waals surface area contributed by atoms with Gasteiger partial charge in [-0.2, -0.15) is 5.26 Å². The topological polar surface area (TPSA) is 115 Å². The van der Waals surface area contributed by atoms with E-state index >= 15 is 0 Å². The third kappa shape index (κ3) is 4.48. The summed E-state index contributed by atoms with van der Waals surface area (Å²) in [7, 11) is 0. The van der Waals surface area contributed by atoms with E-state index in [1.165, 1.54) is 11.2 Å². The van der Waals surface area contributed by atoms with Gasteiger partial charge in [-0.1, -0.05) is 17.7 Å². The minimum Gasteiger partial charge on any atom is -0.467 e. The van der Waals surface area contributed by atoms with E-state index in [9.17, 15) is 9.59 Å². The van der Waals surface area contributed by atoms with Gasteiger partial charge < -0.3 is 19.6 Å². The number of amides is 2. The Kier molecular flexibility index (Phi) is 5.92. The van der Waals surface area contributed by atoms with Gasteiger partial charge in [0.15, 0.2) is 0 Å². The maximum Gasteiger partial charge on any atom is 0.322 e. The summed E-state index contributed by atoms with van der Waals surface area (Å²) in [5, 5.41) is 12.8. The lowest BCUT2D eigenvalue weighted by molar-refractivity contribution is 0.180. The fraction of sp³-hybridized carbons (Fsp3) is 0.130. The van der Waals surface area contributed by atoms with E-state index in [2.05, 4.69) is 15.3 Å². The predicted octanol–water partition coefficient (Wildman–Crippen LogP) is 4.84. The Bertz CT molecular complexity index is 1370. The van der Waals surface area contributed by atoms with Gasteiger partial charge in [0.2, 0.25) is 0 Å². The molecule has 1 atom stereocenters. The number of hydrogen-bond donors (Lipinski definition) is 2. The van der Waals surface area contributed by atoms with E-state index in [1.54, 1.807) is 61.5 Å². The van der Waals surface area contributed by atoms with Crippen molar-refractivity contribution >= 4 is 34.2 Å². The molecular formula is C23H18ClN5O3. The highest BCUT2D eigenvalue weighted by Gasteiger charge is 2.25. The summed E-state index contributed by atoms with van der Waals surface area (Å²) in [6, 6.07) is 15.9. The molecule has 160 valence electrons. The van der Waals surface area contributed by atoms with Crippen molar-refractivity contribution in [3.63, 3.8) is 0 Å². The largest absolute Gasteiger partial charge is 0.467 e. The molecule has 1 unspecified atom stereocenters. The molecule has 4 aromatic rings. The highest BCUT2D eigenvalue weighted by molar-refractivity contribution is 6.31. The average Bonchev–Trinajstić information content (AvgIpc) is 3.30. The van der Waals surface area contributed by atoms with E-state index in [-0.39, 0.29) is 12.1 Å². The number of nitrogens with zero attached hydrogens (tertiary/aromatic N) is 3. The van der Waals surface area contributed by atoms with Crippen molar-refractivity contribution in [3.05, 3.63) is 93.4 Å². The normalized spacial score (nSPS) is 11.7. The van der Waals surface area contributed by atoms with Gasteiger partial charge in [0.25, 0.3) is 5.56 Å². The summed E-state index contributed by atoms with van der Waals surface area (Å²) in [6.07, 6.45) is 1.52. The summed E-state index contributed by atoms with van der Waals surface area (Å²) < 4.78 is 5.42. The number of rotatable bonds is 5. The summed E-state index contributed by atoms with van der Waals surface area (Å²) in [5.74, 6) is 0.862. The third-order valence-corrected chi connectivity index (χ3v) is 5.20. The maximum absolute atomic E-state index is 13.2. The number of aromatic nitrogens is 2. The quantitative estimate of drug-likeness (QED) is 0.454. The molecule has 32 heavy (non-hydrogen) atoms. The van der Waals surface area contributed by atoms with Crippen molar-refractivity contribution in [3.8, 4) is 6.07 Å². The molecule has 0 bridgehead atoms. The number of fused-ring (bicyclic) bond motifs is 1. The first kappa shape index (κ1) is 21.2.